The van der Waals surface area contributed by atoms with Crippen molar-refractivity contribution in [2.45, 2.75) is 19.4 Å². The fraction of sp³-hybridized carbons (Fsp3) is 0.286. The molecule has 0 amide bonds. The molecule has 0 aliphatic heterocycles. The van der Waals surface area contributed by atoms with Gasteiger partial charge in [0, 0.05) is 9.35 Å². The Bertz CT molecular complexity index is 581. The fourth-order valence-electron chi connectivity index (χ4n) is 1.87. The lowest BCUT2D eigenvalue weighted by Crippen LogP contribution is -2.22. The summed E-state index contributed by atoms with van der Waals surface area (Å²) >= 11 is 11.9. The predicted molar refractivity (Wildman–Crippen MR) is 94.0 cm³/mol. The SMILES string of the molecule is CCCNC(c1ccc(Br)c(F)c1)c1cc(Br)c(Br)s1. The Balaban J connectivity index is 2.38. The van der Waals surface area contributed by atoms with E-state index >= 15 is 0 Å². The molecule has 2 rings (SSSR count). The smallest absolute Gasteiger partial charge is 0.137 e. The highest BCUT2D eigenvalue weighted by molar-refractivity contribution is 9.13. The molecule has 6 heteroatoms. The maximum absolute atomic E-state index is 13.8. The molecular weight excluding hydrogens is 473 g/mol. The van der Waals surface area contributed by atoms with Crippen molar-refractivity contribution in [1.29, 1.82) is 0 Å². The van der Waals surface area contributed by atoms with Crippen LogP contribution in [0.5, 0.6) is 0 Å². The molecule has 1 heterocycles. The van der Waals surface area contributed by atoms with Crippen LogP contribution >= 0.6 is 59.1 Å². The zero-order chi connectivity index (χ0) is 14.7. The molecule has 1 aromatic heterocycles. The zero-order valence-electron chi connectivity index (χ0n) is 10.7. The van der Waals surface area contributed by atoms with Crippen LogP contribution < -0.4 is 5.32 Å². The van der Waals surface area contributed by atoms with E-state index < -0.39 is 0 Å². The van der Waals surface area contributed by atoms with E-state index in [1.165, 1.54) is 0 Å². The van der Waals surface area contributed by atoms with Crippen molar-refractivity contribution in [2.24, 2.45) is 0 Å². The molecule has 1 unspecified atom stereocenters. The summed E-state index contributed by atoms with van der Waals surface area (Å²) < 4.78 is 16.3. The number of rotatable bonds is 5. The van der Waals surface area contributed by atoms with Gasteiger partial charge in [-0.05, 0) is 84.5 Å². The van der Waals surface area contributed by atoms with Crippen molar-refractivity contribution in [1.82, 2.24) is 5.32 Å². The molecule has 0 fully saturated rings. The van der Waals surface area contributed by atoms with Crippen LogP contribution in [0.15, 0.2) is 37.0 Å². The molecule has 1 nitrogen and oxygen atoms in total. The van der Waals surface area contributed by atoms with Gasteiger partial charge in [0.25, 0.3) is 0 Å². The predicted octanol–water partition coefficient (Wildman–Crippen LogP) is 6.26. The third-order valence-corrected chi connectivity index (χ3v) is 6.79. The van der Waals surface area contributed by atoms with Gasteiger partial charge in [0.2, 0.25) is 0 Å². The Kier molecular flexibility index (Phi) is 6.23. The van der Waals surface area contributed by atoms with Crippen LogP contribution in [0.25, 0.3) is 0 Å². The van der Waals surface area contributed by atoms with Crippen LogP contribution in [-0.2, 0) is 0 Å². The van der Waals surface area contributed by atoms with E-state index in [4.69, 9.17) is 0 Å². The van der Waals surface area contributed by atoms with Crippen LogP contribution in [0.3, 0.4) is 0 Å². The first-order chi connectivity index (χ1) is 9.52. The molecule has 0 bridgehead atoms. The molecule has 0 saturated heterocycles. The average Bonchev–Trinajstić information content (AvgIpc) is 2.74. The largest absolute Gasteiger partial charge is 0.306 e. The molecule has 0 saturated carbocycles. The monoisotopic (exact) mass is 483 g/mol. The van der Waals surface area contributed by atoms with Crippen molar-refractivity contribution < 1.29 is 4.39 Å². The highest BCUT2D eigenvalue weighted by Crippen LogP contribution is 2.38. The van der Waals surface area contributed by atoms with Gasteiger partial charge < -0.3 is 5.32 Å². The van der Waals surface area contributed by atoms with Crippen molar-refractivity contribution in [3.8, 4) is 0 Å². The maximum Gasteiger partial charge on any atom is 0.137 e. The summed E-state index contributed by atoms with van der Waals surface area (Å²) in [6.07, 6.45) is 1.03. The van der Waals surface area contributed by atoms with E-state index in [0.717, 1.165) is 31.7 Å². The second-order valence-electron chi connectivity index (χ2n) is 4.33. The van der Waals surface area contributed by atoms with Crippen LogP contribution in [0.4, 0.5) is 4.39 Å². The normalized spacial score (nSPS) is 12.7. The Morgan fingerprint density at radius 1 is 1.20 bits per heavy atom. The van der Waals surface area contributed by atoms with Gasteiger partial charge in [0.05, 0.1) is 14.3 Å². The Morgan fingerprint density at radius 2 is 1.95 bits per heavy atom. The summed E-state index contributed by atoms with van der Waals surface area (Å²) in [5, 5.41) is 3.48. The van der Waals surface area contributed by atoms with Crippen molar-refractivity contribution >= 4 is 59.1 Å². The molecule has 0 aliphatic carbocycles. The maximum atomic E-state index is 13.8. The Morgan fingerprint density at radius 3 is 2.50 bits per heavy atom. The minimum atomic E-state index is -0.236. The van der Waals surface area contributed by atoms with Gasteiger partial charge in [0.15, 0.2) is 0 Å². The fourth-order valence-corrected chi connectivity index (χ4v) is 4.31. The standard InChI is InChI=1S/C14H13Br3FNS/c1-2-5-19-13(12-7-10(16)14(17)20-12)8-3-4-9(15)11(18)6-8/h3-4,6-7,13,19H,2,5H2,1H3. The molecule has 108 valence electrons. The summed E-state index contributed by atoms with van der Waals surface area (Å²) in [7, 11) is 0. The lowest BCUT2D eigenvalue weighted by molar-refractivity contribution is 0.588. The van der Waals surface area contributed by atoms with Crippen LogP contribution in [0, 0.1) is 5.82 Å². The van der Waals surface area contributed by atoms with Gasteiger partial charge in [0.1, 0.15) is 5.82 Å². The van der Waals surface area contributed by atoms with E-state index in [1.807, 2.05) is 6.07 Å². The Hall–Kier alpha value is 0.250. The second kappa shape index (κ2) is 7.49. The summed E-state index contributed by atoms with van der Waals surface area (Å²) in [6, 6.07) is 7.36. The van der Waals surface area contributed by atoms with Crippen LogP contribution in [0.2, 0.25) is 0 Å². The van der Waals surface area contributed by atoms with E-state index in [-0.39, 0.29) is 11.9 Å². The molecule has 0 spiro atoms. The summed E-state index contributed by atoms with van der Waals surface area (Å²) in [5.41, 5.74) is 0.931. The minimum absolute atomic E-state index is 0.00477. The van der Waals surface area contributed by atoms with E-state index in [9.17, 15) is 4.39 Å². The van der Waals surface area contributed by atoms with E-state index in [1.54, 1.807) is 23.5 Å². The van der Waals surface area contributed by atoms with Gasteiger partial charge in [-0.15, -0.1) is 11.3 Å². The first kappa shape index (κ1) is 16.6. The number of nitrogens with one attached hydrogen (secondary N) is 1. The van der Waals surface area contributed by atoms with Gasteiger partial charge in [-0.3, -0.25) is 0 Å². The van der Waals surface area contributed by atoms with Crippen molar-refractivity contribution in [3.63, 3.8) is 0 Å². The lowest BCUT2D eigenvalue weighted by Gasteiger charge is -2.18. The lowest BCUT2D eigenvalue weighted by atomic mass is 10.1. The molecule has 1 N–H and O–H groups in total. The molecule has 0 radical (unpaired) electrons. The first-order valence-corrected chi connectivity index (χ1v) is 9.35. The van der Waals surface area contributed by atoms with Crippen molar-refractivity contribution in [2.75, 3.05) is 6.54 Å². The first-order valence-electron chi connectivity index (χ1n) is 6.16. The van der Waals surface area contributed by atoms with Gasteiger partial charge in [-0.25, -0.2) is 4.39 Å². The number of thiophene rings is 1. The molecule has 2 aromatic rings. The Labute approximate surface area is 147 Å². The number of hydrogen-bond acceptors (Lipinski definition) is 2. The number of halogens is 4. The number of hydrogen-bond donors (Lipinski definition) is 1. The molecule has 1 aromatic carbocycles. The summed E-state index contributed by atoms with van der Waals surface area (Å²) in [4.78, 5) is 1.15. The summed E-state index contributed by atoms with van der Waals surface area (Å²) in [5.74, 6) is -0.236. The molecular formula is C14H13Br3FNS. The van der Waals surface area contributed by atoms with Crippen LogP contribution in [-0.4, -0.2) is 6.54 Å². The molecule has 1 atom stereocenters. The highest BCUT2D eigenvalue weighted by Gasteiger charge is 2.18. The van der Waals surface area contributed by atoms with Gasteiger partial charge >= 0.3 is 0 Å². The van der Waals surface area contributed by atoms with E-state index in [2.05, 4.69) is 66.1 Å². The topological polar surface area (TPSA) is 12.0 Å². The molecule has 20 heavy (non-hydrogen) atoms. The number of benzene rings is 1. The quantitative estimate of drug-likeness (QED) is 0.526. The third kappa shape index (κ3) is 3.91. The zero-order valence-corrected chi connectivity index (χ0v) is 16.3. The second-order valence-corrected chi connectivity index (χ2v) is 8.44. The van der Waals surface area contributed by atoms with Gasteiger partial charge in [-0.1, -0.05) is 13.0 Å². The van der Waals surface area contributed by atoms with E-state index in [0.29, 0.717) is 4.47 Å². The van der Waals surface area contributed by atoms with Gasteiger partial charge in [-0.2, -0.15) is 0 Å². The van der Waals surface area contributed by atoms with Crippen molar-refractivity contribution in [3.05, 3.63) is 53.3 Å². The third-order valence-electron chi connectivity index (χ3n) is 2.82. The minimum Gasteiger partial charge on any atom is -0.306 e. The molecule has 0 aliphatic rings. The highest BCUT2D eigenvalue weighted by atomic mass is 79.9. The average molecular weight is 486 g/mol. The summed E-state index contributed by atoms with van der Waals surface area (Å²) in [6.45, 7) is 3.00. The van der Waals surface area contributed by atoms with Crippen LogP contribution in [0.1, 0.15) is 29.8 Å².